The predicted octanol–water partition coefficient (Wildman–Crippen LogP) is 0.765. The van der Waals surface area contributed by atoms with Crippen LogP contribution in [0.15, 0.2) is 0 Å². The summed E-state index contributed by atoms with van der Waals surface area (Å²) in [5, 5.41) is 9.02. The van der Waals surface area contributed by atoms with Gasteiger partial charge in [0.25, 0.3) is 0 Å². The van der Waals surface area contributed by atoms with Crippen LogP contribution in [-0.2, 0) is 4.74 Å². The van der Waals surface area contributed by atoms with Gasteiger partial charge in [0.2, 0.25) is 0 Å². The fraction of sp³-hybridized carbons (Fsp3) is 0.889. The van der Waals surface area contributed by atoms with Crippen LogP contribution in [-0.4, -0.2) is 36.7 Å². The third-order valence-electron chi connectivity index (χ3n) is 2.85. The van der Waals surface area contributed by atoms with Crippen molar-refractivity contribution >= 4 is 0 Å². The van der Waals surface area contributed by atoms with Gasteiger partial charge in [0.15, 0.2) is 5.54 Å². The quantitative estimate of drug-likeness (QED) is 0.577. The molecule has 0 N–H and O–H groups in total. The summed E-state index contributed by atoms with van der Waals surface area (Å²) in [5.74, 6) is 0. The van der Waals surface area contributed by atoms with Gasteiger partial charge in [-0.25, -0.2) is 0 Å². The van der Waals surface area contributed by atoms with Gasteiger partial charge < -0.3 is 4.74 Å². The molecule has 0 spiro atoms. The fourth-order valence-electron chi connectivity index (χ4n) is 1.94. The predicted molar refractivity (Wildman–Crippen MR) is 44.6 cm³/mol. The second-order valence-corrected chi connectivity index (χ2v) is 3.68. The van der Waals surface area contributed by atoms with Crippen molar-refractivity contribution in [2.45, 2.75) is 24.8 Å². The number of hydrogen-bond acceptors (Lipinski definition) is 3. The van der Waals surface area contributed by atoms with E-state index < -0.39 is 0 Å². The highest BCUT2D eigenvalue weighted by Gasteiger charge is 2.44. The van der Waals surface area contributed by atoms with Crippen LogP contribution < -0.4 is 0 Å². The van der Waals surface area contributed by atoms with Crippen molar-refractivity contribution in [3.8, 4) is 6.07 Å². The molecule has 3 heteroatoms. The third-order valence-corrected chi connectivity index (χ3v) is 2.85. The highest BCUT2D eigenvalue weighted by molar-refractivity contribution is 5.13. The second kappa shape index (κ2) is 3.04. The number of hydrogen-bond donors (Lipinski definition) is 0. The van der Waals surface area contributed by atoms with Crippen LogP contribution in [0.3, 0.4) is 0 Å². The molecule has 0 atom stereocenters. The topological polar surface area (TPSA) is 36.3 Å². The number of nitrogens with zero attached hydrogens (tertiary/aromatic N) is 2. The Labute approximate surface area is 72.9 Å². The van der Waals surface area contributed by atoms with E-state index in [1.54, 1.807) is 0 Å². The Morgan fingerprint density at radius 3 is 2.25 bits per heavy atom. The van der Waals surface area contributed by atoms with Crippen molar-refractivity contribution in [2.24, 2.45) is 0 Å². The minimum absolute atomic E-state index is 0.250. The molecule has 12 heavy (non-hydrogen) atoms. The fourth-order valence-corrected chi connectivity index (χ4v) is 1.94. The van der Waals surface area contributed by atoms with Crippen LogP contribution in [0.4, 0.5) is 0 Å². The molecule has 0 bridgehead atoms. The van der Waals surface area contributed by atoms with Gasteiger partial charge in [-0.1, -0.05) is 6.42 Å². The van der Waals surface area contributed by atoms with Crippen LogP contribution in [0.25, 0.3) is 0 Å². The zero-order valence-electron chi connectivity index (χ0n) is 7.25. The van der Waals surface area contributed by atoms with Gasteiger partial charge in [0.05, 0.1) is 19.3 Å². The van der Waals surface area contributed by atoms with Crippen molar-refractivity contribution in [3.05, 3.63) is 0 Å². The number of rotatable bonds is 1. The SMILES string of the molecule is N#CC1(N2CCCCC2)COC1. The molecule has 0 amide bonds. The number of nitriles is 1. The average Bonchev–Trinajstić information content (AvgIpc) is 2.05. The molecule has 0 unspecified atom stereocenters. The smallest absolute Gasteiger partial charge is 0.156 e. The summed E-state index contributed by atoms with van der Waals surface area (Å²) in [6, 6.07) is 2.39. The Hall–Kier alpha value is -0.590. The molecule has 0 aromatic rings. The van der Waals surface area contributed by atoms with Gasteiger partial charge in [-0.05, 0) is 25.9 Å². The molecule has 2 saturated heterocycles. The molecular weight excluding hydrogens is 152 g/mol. The lowest BCUT2D eigenvalue weighted by atomic mass is 9.94. The first-order valence-corrected chi connectivity index (χ1v) is 4.61. The van der Waals surface area contributed by atoms with Crippen molar-refractivity contribution < 1.29 is 4.74 Å². The molecule has 2 aliphatic heterocycles. The Bertz CT molecular complexity index is 199. The molecule has 2 heterocycles. The molecular formula is C9H14N2O. The largest absolute Gasteiger partial charge is 0.375 e. The van der Waals surface area contributed by atoms with E-state index >= 15 is 0 Å². The summed E-state index contributed by atoms with van der Waals surface area (Å²) in [4.78, 5) is 2.29. The minimum Gasteiger partial charge on any atom is -0.375 e. The van der Waals surface area contributed by atoms with E-state index in [0.29, 0.717) is 13.2 Å². The Kier molecular flexibility index (Phi) is 2.03. The number of piperidine rings is 1. The van der Waals surface area contributed by atoms with Gasteiger partial charge in [-0.3, -0.25) is 4.90 Å². The van der Waals surface area contributed by atoms with E-state index in [1.807, 2.05) is 0 Å². The second-order valence-electron chi connectivity index (χ2n) is 3.68. The molecule has 66 valence electrons. The number of likely N-dealkylation sites (tertiary alicyclic amines) is 1. The summed E-state index contributed by atoms with van der Waals surface area (Å²) in [7, 11) is 0. The van der Waals surface area contributed by atoms with Crippen LogP contribution in [0, 0.1) is 11.3 Å². The van der Waals surface area contributed by atoms with E-state index in [2.05, 4.69) is 11.0 Å². The molecule has 2 fully saturated rings. The summed E-state index contributed by atoms with van der Waals surface area (Å²) in [6.45, 7) is 3.39. The maximum Gasteiger partial charge on any atom is 0.156 e. The van der Waals surface area contributed by atoms with Gasteiger partial charge in [0, 0.05) is 0 Å². The minimum atomic E-state index is -0.250. The van der Waals surface area contributed by atoms with Crippen LogP contribution >= 0.6 is 0 Å². The Balaban J connectivity index is 2.01. The van der Waals surface area contributed by atoms with Gasteiger partial charge >= 0.3 is 0 Å². The summed E-state index contributed by atoms with van der Waals surface area (Å²) in [5.41, 5.74) is -0.250. The van der Waals surface area contributed by atoms with E-state index in [-0.39, 0.29) is 5.54 Å². The Morgan fingerprint density at radius 1 is 1.17 bits per heavy atom. The van der Waals surface area contributed by atoms with Gasteiger partial charge in [0.1, 0.15) is 0 Å². The van der Waals surface area contributed by atoms with Crippen molar-refractivity contribution in [1.29, 1.82) is 5.26 Å². The molecule has 0 aromatic heterocycles. The van der Waals surface area contributed by atoms with E-state index in [4.69, 9.17) is 10.00 Å². The highest BCUT2D eigenvalue weighted by Crippen LogP contribution is 2.27. The Morgan fingerprint density at radius 2 is 1.83 bits per heavy atom. The first kappa shape index (κ1) is 8.03. The first-order valence-electron chi connectivity index (χ1n) is 4.61. The molecule has 2 rings (SSSR count). The maximum absolute atomic E-state index is 9.02. The van der Waals surface area contributed by atoms with Gasteiger partial charge in [-0.2, -0.15) is 5.26 Å². The zero-order chi connectivity index (χ0) is 8.44. The first-order chi connectivity index (χ1) is 5.87. The molecule has 0 aliphatic carbocycles. The third kappa shape index (κ3) is 1.12. The van der Waals surface area contributed by atoms with Crippen LogP contribution in [0.1, 0.15) is 19.3 Å². The number of ether oxygens (including phenoxy) is 1. The lowest BCUT2D eigenvalue weighted by Crippen LogP contribution is -2.62. The standard InChI is InChI=1S/C9H14N2O/c10-6-9(7-12-8-9)11-4-2-1-3-5-11/h1-5,7-8H2. The normalized spacial score (nSPS) is 28.9. The maximum atomic E-state index is 9.02. The van der Waals surface area contributed by atoms with E-state index in [0.717, 1.165) is 13.1 Å². The molecule has 3 nitrogen and oxygen atoms in total. The van der Waals surface area contributed by atoms with Gasteiger partial charge in [-0.15, -0.1) is 0 Å². The van der Waals surface area contributed by atoms with Crippen molar-refractivity contribution in [2.75, 3.05) is 26.3 Å². The average molecular weight is 166 g/mol. The molecule has 0 aromatic carbocycles. The summed E-state index contributed by atoms with van der Waals surface area (Å²) < 4.78 is 5.12. The highest BCUT2D eigenvalue weighted by atomic mass is 16.5. The molecule has 2 aliphatic rings. The molecule has 0 saturated carbocycles. The summed E-state index contributed by atoms with van der Waals surface area (Å²) >= 11 is 0. The van der Waals surface area contributed by atoms with Crippen LogP contribution in [0.5, 0.6) is 0 Å². The van der Waals surface area contributed by atoms with E-state index in [1.165, 1.54) is 19.3 Å². The van der Waals surface area contributed by atoms with E-state index in [9.17, 15) is 0 Å². The lowest BCUT2D eigenvalue weighted by molar-refractivity contribution is -0.113. The van der Waals surface area contributed by atoms with Crippen LogP contribution in [0.2, 0.25) is 0 Å². The summed E-state index contributed by atoms with van der Waals surface area (Å²) in [6.07, 6.45) is 3.80. The zero-order valence-corrected chi connectivity index (χ0v) is 7.25. The molecule has 0 radical (unpaired) electrons. The van der Waals surface area contributed by atoms with Crippen molar-refractivity contribution in [1.82, 2.24) is 4.90 Å². The monoisotopic (exact) mass is 166 g/mol. The van der Waals surface area contributed by atoms with Crippen molar-refractivity contribution in [3.63, 3.8) is 0 Å². The lowest BCUT2D eigenvalue weighted by Gasteiger charge is -2.46.